The number of ether oxygens (including phenoxy) is 3. The summed E-state index contributed by atoms with van der Waals surface area (Å²) in [5.74, 6) is 0.432. The summed E-state index contributed by atoms with van der Waals surface area (Å²) in [6.45, 7) is 2.85. The smallest absolute Gasteiger partial charge is 0.411 e. The molecular weight excluding hydrogens is 442 g/mol. The van der Waals surface area contributed by atoms with Crippen LogP contribution in [0.5, 0.6) is 5.75 Å². The molecule has 0 spiro atoms. The van der Waals surface area contributed by atoms with Crippen LogP contribution in [0.3, 0.4) is 0 Å². The van der Waals surface area contributed by atoms with Crippen molar-refractivity contribution in [1.29, 1.82) is 0 Å². The Bertz CT molecular complexity index is 1100. The van der Waals surface area contributed by atoms with E-state index in [1.54, 1.807) is 41.7 Å². The first-order chi connectivity index (χ1) is 16.0. The molecule has 2 N–H and O–H groups in total. The summed E-state index contributed by atoms with van der Waals surface area (Å²) in [6, 6.07) is 14.2. The lowest BCUT2D eigenvalue weighted by atomic mass is 10.2. The summed E-state index contributed by atoms with van der Waals surface area (Å²) in [6.07, 6.45) is 2.55. The predicted octanol–water partition coefficient (Wildman–Crippen LogP) is 4.88. The summed E-state index contributed by atoms with van der Waals surface area (Å²) >= 11 is 1.59. The Balaban J connectivity index is 1.47. The highest BCUT2D eigenvalue weighted by Gasteiger charge is 2.05. The van der Waals surface area contributed by atoms with Crippen molar-refractivity contribution < 1.29 is 23.8 Å². The van der Waals surface area contributed by atoms with Crippen LogP contribution in [0.4, 0.5) is 16.2 Å². The van der Waals surface area contributed by atoms with Gasteiger partial charge in [-0.15, -0.1) is 11.3 Å². The minimum absolute atomic E-state index is 0.155. The molecule has 0 unspecified atom stereocenters. The zero-order valence-electron chi connectivity index (χ0n) is 18.4. The van der Waals surface area contributed by atoms with E-state index in [9.17, 15) is 9.59 Å². The van der Waals surface area contributed by atoms with Crippen molar-refractivity contribution in [3.05, 3.63) is 76.3 Å². The molecule has 0 radical (unpaired) electrons. The fourth-order valence-electron chi connectivity index (χ4n) is 2.71. The molecule has 1 heterocycles. The van der Waals surface area contributed by atoms with Gasteiger partial charge in [0.1, 0.15) is 19.0 Å². The average Bonchev–Trinajstić information content (AvgIpc) is 3.22. The van der Waals surface area contributed by atoms with E-state index in [1.165, 1.54) is 13.2 Å². The summed E-state index contributed by atoms with van der Waals surface area (Å²) in [7, 11) is 1.53. The van der Waals surface area contributed by atoms with Crippen LogP contribution < -0.4 is 15.4 Å². The van der Waals surface area contributed by atoms with Crippen molar-refractivity contribution in [2.75, 3.05) is 31.0 Å². The van der Waals surface area contributed by atoms with Gasteiger partial charge in [-0.05, 0) is 48.9 Å². The number of carbonyl (C=O) groups is 2. The lowest BCUT2D eigenvalue weighted by Gasteiger charge is -2.08. The molecule has 172 valence electrons. The monoisotopic (exact) mass is 467 g/mol. The minimum atomic E-state index is -0.593. The summed E-state index contributed by atoms with van der Waals surface area (Å²) in [4.78, 5) is 28.4. The third-order valence-electron chi connectivity index (χ3n) is 4.26. The van der Waals surface area contributed by atoms with Gasteiger partial charge in [0.25, 0.3) is 0 Å². The molecule has 1 aromatic heterocycles. The van der Waals surface area contributed by atoms with Crippen LogP contribution in [0.15, 0.2) is 60.0 Å². The van der Waals surface area contributed by atoms with Crippen LogP contribution in [0.25, 0.3) is 6.08 Å². The zero-order chi connectivity index (χ0) is 23.5. The number of thiazole rings is 1. The Morgan fingerprint density at radius 1 is 1.06 bits per heavy atom. The van der Waals surface area contributed by atoms with Gasteiger partial charge in [0, 0.05) is 29.9 Å². The van der Waals surface area contributed by atoms with Crippen molar-refractivity contribution >= 4 is 40.8 Å². The molecule has 9 heteroatoms. The summed E-state index contributed by atoms with van der Waals surface area (Å²) < 4.78 is 15.5. The Kier molecular flexibility index (Phi) is 8.98. The highest BCUT2D eigenvalue weighted by atomic mass is 32.1. The number of anilines is 2. The lowest BCUT2D eigenvalue weighted by molar-refractivity contribution is -0.111. The molecular formula is C24H25N3O5S. The minimum Gasteiger partial charge on any atom is -0.487 e. The van der Waals surface area contributed by atoms with E-state index in [1.807, 2.05) is 36.6 Å². The third-order valence-corrected chi connectivity index (χ3v) is 5.08. The number of nitrogens with zero attached hydrogens (tertiary/aromatic N) is 1. The number of carbonyl (C=O) groups excluding carboxylic acids is 2. The lowest BCUT2D eigenvalue weighted by Crippen LogP contribution is -2.16. The molecule has 0 aliphatic rings. The second-order valence-corrected chi connectivity index (χ2v) is 7.93. The summed E-state index contributed by atoms with van der Waals surface area (Å²) in [5, 5.41) is 8.35. The number of aromatic nitrogens is 1. The average molecular weight is 468 g/mol. The van der Waals surface area contributed by atoms with Crippen LogP contribution >= 0.6 is 11.3 Å². The first-order valence-corrected chi connectivity index (χ1v) is 11.1. The highest BCUT2D eigenvalue weighted by molar-refractivity contribution is 7.09. The molecule has 0 fully saturated rings. The van der Waals surface area contributed by atoms with Crippen LogP contribution in [0.1, 0.15) is 16.3 Å². The van der Waals surface area contributed by atoms with E-state index in [2.05, 4.69) is 15.6 Å². The first-order valence-electron chi connectivity index (χ1n) is 10.2. The third kappa shape index (κ3) is 8.40. The first kappa shape index (κ1) is 24.0. The van der Waals surface area contributed by atoms with Crippen LogP contribution in [-0.4, -0.2) is 37.3 Å². The Morgan fingerprint density at radius 2 is 1.82 bits per heavy atom. The standard InChI is InChI=1S/C24H25N3O5S/c1-17-25-21(16-33-17)15-32-22-9-6-18(7-10-22)8-11-23(28)26-19-4-3-5-20(14-19)27-24(29)31-13-12-30-2/h3-11,14,16H,12-13,15H2,1-2H3,(H,26,28)(H,27,29)/b11-8+. The Morgan fingerprint density at radius 3 is 2.52 bits per heavy atom. The number of aryl methyl sites for hydroxylation is 1. The molecule has 2 aromatic carbocycles. The van der Waals surface area contributed by atoms with Gasteiger partial charge < -0.3 is 19.5 Å². The fourth-order valence-corrected chi connectivity index (χ4v) is 3.31. The predicted molar refractivity (Wildman–Crippen MR) is 129 cm³/mol. The molecule has 0 bridgehead atoms. The van der Waals surface area contributed by atoms with E-state index in [0.29, 0.717) is 24.6 Å². The molecule has 33 heavy (non-hydrogen) atoms. The van der Waals surface area contributed by atoms with Gasteiger partial charge in [-0.3, -0.25) is 10.1 Å². The number of nitrogens with one attached hydrogen (secondary N) is 2. The molecule has 0 saturated heterocycles. The largest absolute Gasteiger partial charge is 0.487 e. The Hall–Kier alpha value is -3.69. The van der Waals surface area contributed by atoms with Crippen LogP contribution in [0.2, 0.25) is 0 Å². The number of amides is 2. The molecule has 8 nitrogen and oxygen atoms in total. The quantitative estimate of drug-likeness (QED) is 0.326. The number of hydrogen-bond acceptors (Lipinski definition) is 7. The second-order valence-electron chi connectivity index (χ2n) is 6.87. The summed E-state index contributed by atoms with van der Waals surface area (Å²) in [5.41, 5.74) is 2.81. The molecule has 3 aromatic rings. The van der Waals surface area contributed by atoms with Crippen molar-refractivity contribution in [2.24, 2.45) is 0 Å². The fraction of sp³-hybridized carbons (Fsp3) is 0.208. The molecule has 0 saturated carbocycles. The SMILES string of the molecule is COCCOC(=O)Nc1cccc(NC(=O)/C=C/c2ccc(OCc3csc(C)n3)cc2)c1. The highest BCUT2D eigenvalue weighted by Crippen LogP contribution is 2.17. The van der Waals surface area contributed by atoms with Gasteiger partial charge in [-0.2, -0.15) is 0 Å². The molecule has 0 aliphatic carbocycles. The van der Waals surface area contributed by atoms with Crippen LogP contribution in [0, 0.1) is 6.92 Å². The van der Waals surface area contributed by atoms with Gasteiger partial charge in [0.2, 0.25) is 5.91 Å². The number of methoxy groups -OCH3 is 1. The van der Waals surface area contributed by atoms with Crippen LogP contribution in [-0.2, 0) is 20.9 Å². The molecule has 0 atom stereocenters. The maximum Gasteiger partial charge on any atom is 0.411 e. The van der Waals surface area contributed by atoms with Crippen molar-refractivity contribution in [3.8, 4) is 5.75 Å². The van der Waals surface area contributed by atoms with Crippen molar-refractivity contribution in [2.45, 2.75) is 13.5 Å². The van der Waals surface area contributed by atoms with E-state index in [4.69, 9.17) is 14.2 Å². The van der Waals surface area contributed by atoms with Gasteiger partial charge in [0.05, 0.1) is 17.3 Å². The number of hydrogen-bond donors (Lipinski definition) is 2. The van der Waals surface area contributed by atoms with E-state index in [0.717, 1.165) is 22.0 Å². The molecule has 0 aliphatic heterocycles. The van der Waals surface area contributed by atoms with Gasteiger partial charge >= 0.3 is 6.09 Å². The molecule has 2 amide bonds. The Labute approximate surface area is 196 Å². The van der Waals surface area contributed by atoms with Crippen molar-refractivity contribution in [1.82, 2.24) is 4.98 Å². The topological polar surface area (TPSA) is 98.8 Å². The molecule has 3 rings (SSSR count). The van der Waals surface area contributed by atoms with Gasteiger partial charge in [-0.1, -0.05) is 18.2 Å². The number of benzene rings is 2. The number of rotatable bonds is 10. The maximum atomic E-state index is 12.3. The van der Waals surface area contributed by atoms with Crippen molar-refractivity contribution in [3.63, 3.8) is 0 Å². The van der Waals surface area contributed by atoms with Gasteiger partial charge in [-0.25, -0.2) is 9.78 Å². The van der Waals surface area contributed by atoms with E-state index in [-0.39, 0.29) is 12.5 Å². The van der Waals surface area contributed by atoms with E-state index >= 15 is 0 Å². The van der Waals surface area contributed by atoms with Gasteiger partial charge in [0.15, 0.2) is 0 Å². The zero-order valence-corrected chi connectivity index (χ0v) is 19.2. The van der Waals surface area contributed by atoms with E-state index < -0.39 is 6.09 Å². The maximum absolute atomic E-state index is 12.3. The normalized spacial score (nSPS) is 10.7. The second kappa shape index (κ2) is 12.4.